The third-order valence-corrected chi connectivity index (χ3v) is 3.14. The van der Waals surface area contributed by atoms with Crippen LogP contribution in [-0.4, -0.2) is 22.5 Å². The fourth-order valence-electron chi connectivity index (χ4n) is 2.01. The van der Waals surface area contributed by atoms with Gasteiger partial charge in [0.1, 0.15) is 5.82 Å². The molecule has 0 atom stereocenters. The molecule has 6 nitrogen and oxygen atoms in total. The number of benzene rings is 1. The highest BCUT2D eigenvalue weighted by Crippen LogP contribution is 2.09. The number of nitrogens with one attached hydrogen (secondary N) is 1. The van der Waals surface area contributed by atoms with Crippen molar-refractivity contribution in [3.8, 4) is 0 Å². The predicted octanol–water partition coefficient (Wildman–Crippen LogP) is 1.22. The molecule has 6 heteroatoms. The van der Waals surface area contributed by atoms with Crippen molar-refractivity contribution in [2.75, 3.05) is 11.9 Å². The summed E-state index contributed by atoms with van der Waals surface area (Å²) in [6.45, 7) is 2.23. The van der Waals surface area contributed by atoms with Crippen LogP contribution in [0.2, 0.25) is 0 Å². The molecule has 1 heterocycles. The van der Waals surface area contributed by atoms with E-state index in [0.717, 1.165) is 4.57 Å². The Bertz CT molecular complexity index is 715. The molecule has 0 aliphatic heterocycles. The number of hydrogen-bond donors (Lipinski definition) is 1. The minimum Gasteiger partial charge on any atom is -0.297 e. The van der Waals surface area contributed by atoms with Gasteiger partial charge in [-0.1, -0.05) is 25.1 Å². The largest absolute Gasteiger partial charge is 0.329 e. The Hall–Kier alpha value is -2.63. The number of aromatic amines is 1. The third kappa shape index (κ3) is 3.10. The molecule has 0 bridgehead atoms. The summed E-state index contributed by atoms with van der Waals surface area (Å²) >= 11 is 0. The molecule has 2 rings (SSSR count). The highest BCUT2D eigenvalue weighted by atomic mass is 16.2. The molecule has 0 saturated carbocycles. The number of H-pyrrole nitrogens is 1. The van der Waals surface area contributed by atoms with Crippen molar-refractivity contribution in [2.24, 2.45) is 0 Å². The third-order valence-electron chi connectivity index (χ3n) is 3.14. The van der Waals surface area contributed by atoms with Gasteiger partial charge >= 0.3 is 5.69 Å². The van der Waals surface area contributed by atoms with Gasteiger partial charge in [-0.3, -0.25) is 24.0 Å². The Kier molecular flexibility index (Phi) is 4.37. The molecular weight excluding hydrogens is 270 g/mol. The Labute approximate surface area is 121 Å². The van der Waals surface area contributed by atoms with Gasteiger partial charge in [-0.15, -0.1) is 0 Å². The summed E-state index contributed by atoms with van der Waals surface area (Å²) < 4.78 is 1.12. The van der Waals surface area contributed by atoms with Crippen molar-refractivity contribution in [1.29, 1.82) is 0 Å². The SMILES string of the molecule is CCCn1c(=O)cc(N(C)C(=O)c2ccccc2)[nH]c1=O. The van der Waals surface area contributed by atoms with E-state index in [9.17, 15) is 14.4 Å². The minimum absolute atomic E-state index is 0.186. The van der Waals surface area contributed by atoms with Crippen LogP contribution in [0.4, 0.5) is 5.82 Å². The lowest BCUT2D eigenvalue weighted by Gasteiger charge is -2.17. The van der Waals surface area contributed by atoms with E-state index in [4.69, 9.17) is 0 Å². The highest BCUT2D eigenvalue weighted by molar-refractivity contribution is 6.05. The first-order chi connectivity index (χ1) is 10.0. The van der Waals surface area contributed by atoms with E-state index >= 15 is 0 Å². The second-order valence-corrected chi connectivity index (χ2v) is 4.68. The maximum Gasteiger partial charge on any atom is 0.329 e. The molecule has 21 heavy (non-hydrogen) atoms. The van der Waals surface area contributed by atoms with Gasteiger partial charge in [-0.05, 0) is 18.6 Å². The Morgan fingerprint density at radius 1 is 1.24 bits per heavy atom. The average molecular weight is 287 g/mol. The summed E-state index contributed by atoms with van der Waals surface area (Å²) in [5, 5.41) is 0. The molecule has 0 aliphatic carbocycles. The fourth-order valence-corrected chi connectivity index (χ4v) is 2.01. The summed E-state index contributed by atoms with van der Waals surface area (Å²) in [4.78, 5) is 39.9. The Morgan fingerprint density at radius 3 is 2.48 bits per heavy atom. The van der Waals surface area contributed by atoms with Gasteiger partial charge in [0.25, 0.3) is 11.5 Å². The summed E-state index contributed by atoms with van der Waals surface area (Å²) in [7, 11) is 1.52. The lowest BCUT2D eigenvalue weighted by atomic mass is 10.2. The summed E-state index contributed by atoms with van der Waals surface area (Å²) in [6, 6.07) is 9.93. The number of amides is 1. The standard InChI is InChI=1S/C15H17N3O3/c1-3-9-18-13(19)10-12(16-15(18)21)17(2)14(20)11-7-5-4-6-8-11/h4-8,10H,3,9H2,1-2H3,(H,16,21). The van der Waals surface area contributed by atoms with E-state index in [0.29, 0.717) is 18.5 Å². The van der Waals surface area contributed by atoms with Crippen LogP contribution in [0.5, 0.6) is 0 Å². The van der Waals surface area contributed by atoms with Gasteiger partial charge in [-0.2, -0.15) is 0 Å². The van der Waals surface area contributed by atoms with Gasteiger partial charge in [-0.25, -0.2) is 4.79 Å². The molecule has 0 radical (unpaired) electrons. The molecule has 110 valence electrons. The van der Waals surface area contributed by atoms with Gasteiger partial charge in [0.05, 0.1) is 0 Å². The zero-order chi connectivity index (χ0) is 15.4. The van der Waals surface area contributed by atoms with Crippen LogP contribution in [0, 0.1) is 0 Å². The topological polar surface area (TPSA) is 75.2 Å². The number of nitrogens with zero attached hydrogens (tertiary/aromatic N) is 2. The molecule has 1 aromatic carbocycles. The first-order valence-corrected chi connectivity index (χ1v) is 6.72. The average Bonchev–Trinajstić information content (AvgIpc) is 2.50. The maximum atomic E-state index is 12.3. The Morgan fingerprint density at radius 2 is 1.90 bits per heavy atom. The zero-order valence-corrected chi connectivity index (χ0v) is 12.0. The van der Waals surface area contributed by atoms with Crippen LogP contribution in [0.1, 0.15) is 23.7 Å². The van der Waals surface area contributed by atoms with Gasteiger partial charge in [0.2, 0.25) is 0 Å². The molecule has 1 amide bonds. The van der Waals surface area contributed by atoms with Crippen LogP contribution in [0.15, 0.2) is 46.0 Å². The molecule has 1 aromatic heterocycles. The lowest BCUT2D eigenvalue weighted by Crippen LogP contribution is -2.38. The fraction of sp³-hybridized carbons (Fsp3) is 0.267. The van der Waals surface area contributed by atoms with Crippen molar-refractivity contribution in [3.63, 3.8) is 0 Å². The lowest BCUT2D eigenvalue weighted by molar-refractivity contribution is 0.0992. The molecule has 0 unspecified atom stereocenters. The number of carbonyl (C=O) groups excluding carboxylic acids is 1. The van der Waals surface area contributed by atoms with Crippen molar-refractivity contribution in [1.82, 2.24) is 9.55 Å². The second kappa shape index (κ2) is 6.21. The van der Waals surface area contributed by atoms with E-state index in [1.54, 1.807) is 24.3 Å². The summed E-state index contributed by atoms with van der Waals surface area (Å²) in [6.07, 6.45) is 0.682. The molecule has 0 spiro atoms. The van der Waals surface area contributed by atoms with Crippen molar-refractivity contribution < 1.29 is 4.79 Å². The normalized spacial score (nSPS) is 10.4. The van der Waals surface area contributed by atoms with E-state index in [1.807, 2.05) is 13.0 Å². The summed E-state index contributed by atoms with van der Waals surface area (Å²) in [5.74, 6) is -0.106. The number of anilines is 1. The smallest absolute Gasteiger partial charge is 0.297 e. The second-order valence-electron chi connectivity index (χ2n) is 4.68. The van der Waals surface area contributed by atoms with Crippen LogP contribution in [0.25, 0.3) is 0 Å². The molecule has 0 fully saturated rings. The van der Waals surface area contributed by atoms with E-state index in [2.05, 4.69) is 4.98 Å². The van der Waals surface area contributed by atoms with Gasteiger partial charge < -0.3 is 0 Å². The van der Waals surface area contributed by atoms with Gasteiger partial charge in [0, 0.05) is 25.2 Å². The summed E-state index contributed by atoms with van der Waals surface area (Å²) in [5.41, 5.74) is -0.436. The first kappa shape index (κ1) is 14.8. The Balaban J connectivity index is 2.37. The monoisotopic (exact) mass is 287 g/mol. The maximum absolute atomic E-state index is 12.3. The van der Waals surface area contributed by atoms with Crippen LogP contribution in [-0.2, 0) is 6.54 Å². The highest BCUT2D eigenvalue weighted by Gasteiger charge is 2.15. The quantitative estimate of drug-likeness (QED) is 0.918. The molecule has 0 saturated heterocycles. The molecule has 1 N–H and O–H groups in total. The van der Waals surface area contributed by atoms with E-state index in [-0.39, 0.29) is 11.7 Å². The van der Waals surface area contributed by atoms with Crippen molar-refractivity contribution in [2.45, 2.75) is 19.9 Å². The molecule has 2 aromatic rings. The first-order valence-electron chi connectivity index (χ1n) is 6.72. The predicted molar refractivity (Wildman–Crippen MR) is 80.8 cm³/mol. The van der Waals surface area contributed by atoms with Crippen molar-refractivity contribution in [3.05, 3.63) is 62.8 Å². The van der Waals surface area contributed by atoms with Crippen molar-refractivity contribution >= 4 is 11.7 Å². The molecular formula is C15H17N3O3. The number of rotatable bonds is 4. The molecule has 0 aliphatic rings. The number of hydrogen-bond acceptors (Lipinski definition) is 3. The number of carbonyl (C=O) groups is 1. The van der Waals surface area contributed by atoms with Gasteiger partial charge in [0.15, 0.2) is 0 Å². The van der Waals surface area contributed by atoms with Crippen LogP contribution >= 0.6 is 0 Å². The van der Waals surface area contributed by atoms with Crippen LogP contribution < -0.4 is 16.1 Å². The minimum atomic E-state index is -0.507. The van der Waals surface area contributed by atoms with E-state index in [1.165, 1.54) is 18.0 Å². The van der Waals surface area contributed by atoms with E-state index < -0.39 is 11.2 Å². The number of aromatic nitrogens is 2. The zero-order valence-electron chi connectivity index (χ0n) is 12.0. The van der Waals surface area contributed by atoms with Crippen LogP contribution in [0.3, 0.4) is 0 Å².